The van der Waals surface area contributed by atoms with Crippen molar-refractivity contribution in [3.8, 4) is 0 Å². The Balaban J connectivity index is 1.63. The maximum absolute atomic E-state index is 5.68. The number of benzene rings is 1. The van der Waals surface area contributed by atoms with Crippen molar-refractivity contribution in [1.82, 2.24) is 10.6 Å². The maximum atomic E-state index is 5.68. The highest BCUT2D eigenvalue weighted by Crippen LogP contribution is 2.32. The zero-order chi connectivity index (χ0) is 17.1. The van der Waals surface area contributed by atoms with Gasteiger partial charge in [-0.1, -0.05) is 30.3 Å². The van der Waals surface area contributed by atoms with E-state index in [1.807, 2.05) is 30.0 Å². The summed E-state index contributed by atoms with van der Waals surface area (Å²) >= 11 is 1.93. The maximum Gasteiger partial charge on any atom is 0.191 e. The van der Waals surface area contributed by atoms with Gasteiger partial charge in [0.1, 0.15) is 0 Å². The highest BCUT2D eigenvalue weighted by molar-refractivity contribution is 8.00. The molecule has 0 saturated carbocycles. The van der Waals surface area contributed by atoms with Crippen LogP contribution in [-0.2, 0) is 16.1 Å². The van der Waals surface area contributed by atoms with E-state index in [0.717, 1.165) is 45.1 Å². The SMILES string of the molecule is CN=C(NCCOCc1ccccc1)NCC1(SC)CCOCC1. The molecular weight excluding hydrogens is 322 g/mol. The first-order chi connectivity index (χ1) is 11.8. The average molecular weight is 352 g/mol. The van der Waals surface area contributed by atoms with Gasteiger partial charge in [-0.2, -0.15) is 11.8 Å². The van der Waals surface area contributed by atoms with Gasteiger partial charge in [-0.25, -0.2) is 0 Å². The fourth-order valence-electron chi connectivity index (χ4n) is 2.67. The van der Waals surface area contributed by atoms with Gasteiger partial charge in [0.05, 0.1) is 13.2 Å². The number of nitrogens with one attached hydrogen (secondary N) is 2. The number of hydrogen-bond donors (Lipinski definition) is 2. The van der Waals surface area contributed by atoms with Crippen LogP contribution in [0.15, 0.2) is 35.3 Å². The lowest BCUT2D eigenvalue weighted by molar-refractivity contribution is 0.0782. The summed E-state index contributed by atoms with van der Waals surface area (Å²) in [5, 5.41) is 6.76. The molecular formula is C18H29N3O2S. The van der Waals surface area contributed by atoms with Crippen LogP contribution in [0, 0.1) is 0 Å². The zero-order valence-corrected chi connectivity index (χ0v) is 15.5. The monoisotopic (exact) mass is 351 g/mol. The van der Waals surface area contributed by atoms with Crippen molar-refractivity contribution < 1.29 is 9.47 Å². The topological polar surface area (TPSA) is 54.9 Å². The quantitative estimate of drug-likeness (QED) is 0.427. The molecule has 24 heavy (non-hydrogen) atoms. The Morgan fingerprint density at radius 1 is 1.25 bits per heavy atom. The van der Waals surface area contributed by atoms with E-state index in [2.05, 4.69) is 34.0 Å². The fourth-order valence-corrected chi connectivity index (χ4v) is 3.46. The Bertz CT molecular complexity index is 490. The van der Waals surface area contributed by atoms with Crippen LogP contribution >= 0.6 is 11.8 Å². The number of guanidine groups is 1. The number of hydrogen-bond acceptors (Lipinski definition) is 4. The van der Waals surface area contributed by atoms with Crippen LogP contribution in [-0.4, -0.2) is 56.9 Å². The third-order valence-corrected chi connectivity index (χ3v) is 5.71. The van der Waals surface area contributed by atoms with E-state index in [1.165, 1.54) is 5.56 Å². The number of nitrogens with zero attached hydrogens (tertiary/aromatic N) is 1. The van der Waals surface area contributed by atoms with Gasteiger partial charge < -0.3 is 20.1 Å². The summed E-state index contributed by atoms with van der Waals surface area (Å²) in [4.78, 5) is 4.29. The predicted molar refractivity (Wildman–Crippen MR) is 102 cm³/mol. The summed E-state index contributed by atoms with van der Waals surface area (Å²) in [6.45, 7) is 4.63. The van der Waals surface area contributed by atoms with E-state index in [9.17, 15) is 0 Å². The standard InChI is InChI=1S/C18H29N3O2S/c1-19-17(21-15-18(24-2)8-11-22-12-9-18)20-10-13-23-14-16-6-4-3-5-7-16/h3-7H,8-15H2,1-2H3,(H2,19,20,21). The lowest BCUT2D eigenvalue weighted by Crippen LogP contribution is -2.48. The van der Waals surface area contributed by atoms with Gasteiger partial charge in [0, 0.05) is 38.1 Å². The second-order valence-corrected chi connectivity index (χ2v) is 7.16. The van der Waals surface area contributed by atoms with Gasteiger partial charge in [0.2, 0.25) is 0 Å². The molecule has 134 valence electrons. The molecule has 2 rings (SSSR count). The smallest absolute Gasteiger partial charge is 0.191 e. The molecule has 5 nitrogen and oxygen atoms in total. The van der Waals surface area contributed by atoms with Crippen molar-refractivity contribution in [2.75, 3.05) is 46.2 Å². The molecule has 0 radical (unpaired) electrons. The molecule has 0 spiro atoms. The molecule has 1 heterocycles. The second-order valence-electron chi connectivity index (χ2n) is 5.89. The van der Waals surface area contributed by atoms with Gasteiger partial charge in [0.25, 0.3) is 0 Å². The molecule has 1 fully saturated rings. The first kappa shape index (κ1) is 19.1. The Morgan fingerprint density at radius 2 is 2.00 bits per heavy atom. The minimum atomic E-state index is 0.250. The van der Waals surface area contributed by atoms with Gasteiger partial charge in [-0.05, 0) is 24.7 Å². The molecule has 0 atom stereocenters. The molecule has 1 saturated heterocycles. The molecule has 0 aliphatic carbocycles. The molecule has 1 aliphatic heterocycles. The van der Waals surface area contributed by atoms with Crippen molar-refractivity contribution in [1.29, 1.82) is 0 Å². The van der Waals surface area contributed by atoms with Gasteiger partial charge in [-0.3, -0.25) is 4.99 Å². The summed E-state index contributed by atoms with van der Waals surface area (Å²) in [6, 6.07) is 10.2. The summed E-state index contributed by atoms with van der Waals surface area (Å²) in [6.07, 6.45) is 4.34. The minimum Gasteiger partial charge on any atom is -0.381 e. The molecule has 6 heteroatoms. The summed E-state index contributed by atoms with van der Waals surface area (Å²) in [5.41, 5.74) is 1.20. The first-order valence-corrected chi connectivity index (χ1v) is 9.69. The predicted octanol–water partition coefficient (Wildman–Crippen LogP) is 2.28. The Morgan fingerprint density at radius 3 is 2.67 bits per heavy atom. The summed E-state index contributed by atoms with van der Waals surface area (Å²) in [7, 11) is 1.80. The number of ether oxygens (including phenoxy) is 2. The fraction of sp³-hybridized carbons (Fsp3) is 0.611. The van der Waals surface area contributed by atoms with E-state index >= 15 is 0 Å². The Labute approximate surface area is 149 Å². The minimum absolute atomic E-state index is 0.250. The van der Waals surface area contributed by atoms with E-state index in [-0.39, 0.29) is 4.75 Å². The van der Waals surface area contributed by atoms with Crippen molar-refractivity contribution >= 4 is 17.7 Å². The number of thioether (sulfide) groups is 1. The van der Waals surface area contributed by atoms with Gasteiger partial charge >= 0.3 is 0 Å². The normalized spacial score (nSPS) is 17.5. The zero-order valence-electron chi connectivity index (χ0n) is 14.7. The van der Waals surface area contributed by atoms with Crippen LogP contribution in [0.3, 0.4) is 0 Å². The van der Waals surface area contributed by atoms with Crippen LogP contribution in [0.4, 0.5) is 0 Å². The third kappa shape index (κ3) is 6.34. The molecule has 0 aromatic heterocycles. The Hall–Kier alpha value is -1.24. The number of rotatable bonds is 8. The average Bonchev–Trinajstić information content (AvgIpc) is 2.65. The first-order valence-electron chi connectivity index (χ1n) is 8.47. The van der Waals surface area contributed by atoms with E-state index < -0.39 is 0 Å². The van der Waals surface area contributed by atoms with Crippen LogP contribution in [0.1, 0.15) is 18.4 Å². The van der Waals surface area contributed by atoms with Crippen molar-refractivity contribution in [3.63, 3.8) is 0 Å². The van der Waals surface area contributed by atoms with Crippen molar-refractivity contribution in [2.24, 2.45) is 4.99 Å². The van der Waals surface area contributed by atoms with Crippen LogP contribution < -0.4 is 10.6 Å². The van der Waals surface area contributed by atoms with Crippen molar-refractivity contribution in [2.45, 2.75) is 24.2 Å². The van der Waals surface area contributed by atoms with E-state index in [1.54, 1.807) is 7.05 Å². The largest absolute Gasteiger partial charge is 0.381 e. The molecule has 1 aliphatic rings. The van der Waals surface area contributed by atoms with E-state index in [0.29, 0.717) is 13.2 Å². The molecule has 2 N–H and O–H groups in total. The molecule has 1 aromatic carbocycles. The Kier molecular flexibility index (Phi) is 8.42. The lowest BCUT2D eigenvalue weighted by Gasteiger charge is -2.36. The highest BCUT2D eigenvalue weighted by Gasteiger charge is 2.31. The van der Waals surface area contributed by atoms with Crippen LogP contribution in [0.5, 0.6) is 0 Å². The highest BCUT2D eigenvalue weighted by atomic mass is 32.2. The summed E-state index contributed by atoms with van der Waals surface area (Å²) < 4.78 is 11.4. The van der Waals surface area contributed by atoms with Gasteiger partial charge in [0.15, 0.2) is 5.96 Å². The van der Waals surface area contributed by atoms with Crippen molar-refractivity contribution in [3.05, 3.63) is 35.9 Å². The molecule has 0 bridgehead atoms. The van der Waals surface area contributed by atoms with Crippen LogP contribution in [0.25, 0.3) is 0 Å². The summed E-state index contributed by atoms with van der Waals surface area (Å²) in [5.74, 6) is 0.832. The second kappa shape index (κ2) is 10.6. The third-order valence-electron chi connectivity index (χ3n) is 4.29. The number of aliphatic imine (C=N–C) groups is 1. The molecule has 0 unspecified atom stereocenters. The molecule has 1 aromatic rings. The lowest BCUT2D eigenvalue weighted by atomic mass is 9.99. The van der Waals surface area contributed by atoms with Crippen LogP contribution in [0.2, 0.25) is 0 Å². The van der Waals surface area contributed by atoms with Gasteiger partial charge in [-0.15, -0.1) is 0 Å². The van der Waals surface area contributed by atoms with E-state index in [4.69, 9.17) is 9.47 Å². The molecule has 0 amide bonds.